The maximum absolute atomic E-state index is 12.2. The van der Waals surface area contributed by atoms with Crippen molar-refractivity contribution in [2.75, 3.05) is 0 Å². The molecular weight excluding hydrogens is 412 g/mol. The van der Waals surface area contributed by atoms with Gasteiger partial charge in [-0.05, 0) is 56.5 Å². The van der Waals surface area contributed by atoms with E-state index in [0.29, 0.717) is 6.54 Å². The second-order valence-corrected chi connectivity index (χ2v) is 7.48. The lowest BCUT2D eigenvalue weighted by Crippen LogP contribution is -2.22. The van der Waals surface area contributed by atoms with E-state index in [9.17, 15) is 14.7 Å². The van der Waals surface area contributed by atoms with E-state index in [1.807, 2.05) is 0 Å². The number of carbonyl (C=O) groups is 1. The van der Waals surface area contributed by atoms with Gasteiger partial charge in [-0.25, -0.2) is 5.43 Å². The fourth-order valence-corrected chi connectivity index (χ4v) is 3.64. The molecule has 1 aliphatic rings. The number of hydrogen-bond donors (Lipinski definition) is 3. The molecule has 1 heterocycles. The summed E-state index contributed by atoms with van der Waals surface area (Å²) in [6.07, 6.45) is 8.54. The summed E-state index contributed by atoms with van der Waals surface area (Å²) in [6, 6.07) is 6.52. The number of aromatic hydroxyl groups is 1. The molecule has 3 N–H and O–H groups in total. The normalized spacial score (nSPS) is 14.0. The first-order valence-electron chi connectivity index (χ1n) is 9.29. The molecule has 29 heavy (non-hydrogen) atoms. The Bertz CT molecular complexity index is 1090. The van der Waals surface area contributed by atoms with Gasteiger partial charge >= 0.3 is 0 Å². The van der Waals surface area contributed by atoms with Crippen LogP contribution < -0.4 is 11.0 Å². The van der Waals surface area contributed by atoms with E-state index in [0.717, 1.165) is 31.9 Å². The van der Waals surface area contributed by atoms with E-state index in [-0.39, 0.29) is 26.8 Å². The molecule has 1 aromatic heterocycles. The first-order chi connectivity index (χ1) is 14.0. The Labute approximate surface area is 177 Å². The summed E-state index contributed by atoms with van der Waals surface area (Å²) in [5, 5.41) is 14.6. The molecule has 0 saturated heterocycles. The topological polar surface area (TPSA) is 99.5 Å². The van der Waals surface area contributed by atoms with Crippen LogP contribution in [0.1, 0.15) is 48.0 Å². The molecule has 3 rings (SSSR count). The number of nitrogens with one attached hydrogen (secondary N) is 2. The van der Waals surface area contributed by atoms with Crippen molar-refractivity contribution in [2.24, 2.45) is 5.10 Å². The first-order valence-corrected chi connectivity index (χ1v) is 10.1. The minimum absolute atomic E-state index is 0.0873. The molecule has 0 aliphatic heterocycles. The molecule has 0 saturated carbocycles. The highest BCUT2D eigenvalue weighted by atomic mass is 35.5. The van der Waals surface area contributed by atoms with Gasteiger partial charge in [-0.3, -0.25) is 19.1 Å². The fraction of sp³-hybridized carbons (Fsp3) is 0.300. The largest absolute Gasteiger partial charge is 0.494 e. The van der Waals surface area contributed by atoms with Crippen molar-refractivity contribution in [3.63, 3.8) is 0 Å². The smallest absolute Gasteiger partial charge is 0.272 e. The van der Waals surface area contributed by atoms with Crippen LogP contribution in [0.15, 0.2) is 45.8 Å². The van der Waals surface area contributed by atoms with Gasteiger partial charge in [0.25, 0.3) is 11.5 Å². The summed E-state index contributed by atoms with van der Waals surface area (Å²) in [6.45, 7) is 0.445. The molecule has 0 bridgehead atoms. The summed E-state index contributed by atoms with van der Waals surface area (Å²) >= 11 is 11.2. The summed E-state index contributed by atoms with van der Waals surface area (Å²) in [4.78, 5) is 26.9. The number of rotatable bonds is 6. The van der Waals surface area contributed by atoms with Gasteiger partial charge in [-0.1, -0.05) is 35.4 Å². The Kier molecular flexibility index (Phi) is 7.00. The number of H-pyrrole nitrogens is 1. The molecule has 0 fully saturated rings. The van der Waals surface area contributed by atoms with Crippen molar-refractivity contribution in [1.82, 2.24) is 15.0 Å². The number of nitrogens with zero attached hydrogens (tertiary/aromatic N) is 2. The number of halogens is 1. The Hall–Kier alpha value is -2.71. The number of benzene rings is 1. The van der Waals surface area contributed by atoms with E-state index >= 15 is 0 Å². The average molecular weight is 433 g/mol. The summed E-state index contributed by atoms with van der Waals surface area (Å²) in [5.74, 6) is -0.814. The van der Waals surface area contributed by atoms with Gasteiger partial charge in [-0.2, -0.15) is 5.10 Å². The minimum Gasteiger partial charge on any atom is -0.494 e. The van der Waals surface area contributed by atoms with Crippen molar-refractivity contribution in [3.8, 4) is 5.88 Å². The highest BCUT2D eigenvalue weighted by Gasteiger charge is 2.13. The molecule has 1 aromatic carbocycles. The molecule has 9 heteroatoms. The predicted octanol–water partition coefficient (Wildman–Crippen LogP) is 3.92. The van der Waals surface area contributed by atoms with Crippen molar-refractivity contribution in [2.45, 2.75) is 38.6 Å². The van der Waals surface area contributed by atoms with Gasteiger partial charge in [0.05, 0.1) is 16.8 Å². The Morgan fingerprint density at radius 1 is 1.38 bits per heavy atom. The number of amides is 1. The van der Waals surface area contributed by atoms with Crippen molar-refractivity contribution in [1.29, 1.82) is 0 Å². The number of aromatic nitrogens is 2. The van der Waals surface area contributed by atoms with Gasteiger partial charge in [0, 0.05) is 6.54 Å². The minimum atomic E-state index is -0.587. The number of aromatic amines is 1. The molecule has 152 valence electrons. The zero-order chi connectivity index (χ0) is 20.8. The second kappa shape index (κ2) is 9.67. The van der Waals surface area contributed by atoms with Gasteiger partial charge in [0.15, 0.2) is 4.77 Å². The van der Waals surface area contributed by atoms with Gasteiger partial charge < -0.3 is 5.11 Å². The Morgan fingerprint density at radius 3 is 2.90 bits per heavy atom. The number of hydrazone groups is 1. The molecule has 7 nitrogen and oxygen atoms in total. The van der Waals surface area contributed by atoms with E-state index in [2.05, 4.69) is 21.6 Å². The lowest BCUT2D eigenvalue weighted by atomic mass is 9.97. The number of hydrogen-bond acceptors (Lipinski definition) is 5. The quantitative estimate of drug-likeness (QED) is 0.279. The van der Waals surface area contributed by atoms with Crippen LogP contribution in [0.5, 0.6) is 5.88 Å². The van der Waals surface area contributed by atoms with Crippen LogP contribution in [0, 0.1) is 4.77 Å². The lowest BCUT2D eigenvalue weighted by molar-refractivity contribution is 0.0955. The molecule has 2 aromatic rings. The highest BCUT2D eigenvalue weighted by molar-refractivity contribution is 7.71. The van der Waals surface area contributed by atoms with E-state index in [1.165, 1.54) is 16.6 Å². The standard InChI is InChI=1S/C20H21ClN4O3S/c21-16-9-5-4-8-14(16)18(27)24-22-12-15-17(26)23-20(29)25(19(15)28)11-10-13-6-2-1-3-7-13/h4-6,8-9,12,28H,1-3,7,10-11H2,(H,24,27)(H,23,26,29). The maximum Gasteiger partial charge on any atom is 0.272 e. The molecule has 0 unspecified atom stereocenters. The van der Waals surface area contributed by atoms with Crippen LogP contribution in [0.3, 0.4) is 0 Å². The van der Waals surface area contributed by atoms with Gasteiger partial charge in [0.1, 0.15) is 5.56 Å². The van der Waals surface area contributed by atoms with Crippen LogP contribution in [0.4, 0.5) is 0 Å². The summed E-state index contributed by atoms with van der Waals surface area (Å²) in [7, 11) is 0. The first kappa shape index (κ1) is 21.0. The summed E-state index contributed by atoms with van der Waals surface area (Å²) in [5.41, 5.74) is 3.20. The van der Waals surface area contributed by atoms with Crippen LogP contribution >= 0.6 is 23.8 Å². The lowest BCUT2D eigenvalue weighted by Gasteiger charge is -2.15. The molecule has 0 radical (unpaired) electrons. The summed E-state index contributed by atoms with van der Waals surface area (Å²) < 4.78 is 1.60. The third-order valence-corrected chi connectivity index (χ3v) is 5.38. The van der Waals surface area contributed by atoms with E-state index in [1.54, 1.807) is 24.3 Å². The average Bonchev–Trinajstić information content (AvgIpc) is 2.71. The van der Waals surface area contributed by atoms with E-state index in [4.69, 9.17) is 23.8 Å². The zero-order valence-corrected chi connectivity index (χ0v) is 17.2. The Morgan fingerprint density at radius 2 is 2.17 bits per heavy atom. The fourth-order valence-electron chi connectivity index (χ4n) is 3.15. The van der Waals surface area contributed by atoms with Crippen molar-refractivity contribution in [3.05, 3.63) is 67.2 Å². The maximum atomic E-state index is 12.2. The van der Waals surface area contributed by atoms with Crippen molar-refractivity contribution < 1.29 is 9.90 Å². The third kappa shape index (κ3) is 5.21. The molecular formula is C20H21ClN4O3S. The zero-order valence-electron chi connectivity index (χ0n) is 15.7. The molecule has 1 amide bonds. The van der Waals surface area contributed by atoms with Gasteiger partial charge in [0.2, 0.25) is 5.88 Å². The predicted molar refractivity (Wildman–Crippen MR) is 115 cm³/mol. The van der Waals surface area contributed by atoms with Crippen LogP contribution in [-0.4, -0.2) is 26.8 Å². The number of allylic oxidation sites excluding steroid dienone is 2. The highest BCUT2D eigenvalue weighted by Crippen LogP contribution is 2.22. The van der Waals surface area contributed by atoms with Crippen LogP contribution in [0.2, 0.25) is 5.02 Å². The van der Waals surface area contributed by atoms with Crippen LogP contribution in [-0.2, 0) is 6.54 Å². The SMILES string of the molecule is O=C(NN=Cc1c(O)n(CCC2=CCCCC2)c(=S)[nH]c1=O)c1ccccc1Cl. The van der Waals surface area contributed by atoms with E-state index < -0.39 is 11.5 Å². The van der Waals surface area contributed by atoms with Crippen molar-refractivity contribution >= 4 is 35.9 Å². The third-order valence-electron chi connectivity index (χ3n) is 4.73. The molecule has 1 aliphatic carbocycles. The molecule has 0 spiro atoms. The van der Waals surface area contributed by atoms with Gasteiger partial charge in [-0.15, -0.1) is 0 Å². The Balaban J connectivity index is 1.76. The monoisotopic (exact) mass is 432 g/mol. The molecule has 0 atom stereocenters. The second-order valence-electron chi connectivity index (χ2n) is 6.69. The van der Waals surface area contributed by atoms with Crippen LogP contribution in [0.25, 0.3) is 0 Å². The number of carbonyl (C=O) groups excluding carboxylic acids is 1.